The number of oxime groups is 1. The fraction of sp³-hybridized carbons (Fsp3) is 0.467. The molecule has 0 saturated carbocycles. The van der Waals surface area contributed by atoms with E-state index in [0.29, 0.717) is 44.1 Å². The summed E-state index contributed by atoms with van der Waals surface area (Å²) in [5, 5.41) is 8.93. The first-order valence-electron chi connectivity index (χ1n) is 13.8. The van der Waals surface area contributed by atoms with Crippen molar-refractivity contribution in [3.8, 4) is 11.5 Å². The molecule has 0 spiro atoms. The molecule has 3 aromatic rings. The number of amidine groups is 1. The largest absolute Gasteiger partial charge is 0.494 e. The molecule has 2 N–H and O–H groups in total. The van der Waals surface area contributed by atoms with Gasteiger partial charge in [-0.1, -0.05) is 77.0 Å². The number of para-hydroxylation sites is 1. The second kappa shape index (κ2) is 25.6. The number of nitrogens with zero attached hydrogens (tertiary/aromatic N) is 2. The van der Waals surface area contributed by atoms with E-state index in [4.69, 9.17) is 26.2 Å². The van der Waals surface area contributed by atoms with Crippen LogP contribution in [0.4, 0.5) is 0 Å². The molecule has 40 heavy (non-hydrogen) atoms. The van der Waals surface area contributed by atoms with Crippen LogP contribution in [0.3, 0.4) is 0 Å². The maximum Gasteiger partial charge on any atom is 0.314 e. The normalized spacial score (nSPS) is 9.50. The summed E-state index contributed by atoms with van der Waals surface area (Å²) in [6.07, 6.45) is 1.64. The summed E-state index contributed by atoms with van der Waals surface area (Å²) in [5.74, 6) is 2.82. The molecule has 0 radical (unpaired) electrons. The first kappa shape index (κ1) is 38.5. The Morgan fingerprint density at radius 2 is 1.62 bits per heavy atom. The second-order valence-electron chi connectivity index (χ2n) is 6.95. The van der Waals surface area contributed by atoms with Crippen molar-refractivity contribution in [2.75, 3.05) is 20.3 Å². The Hall–Kier alpha value is -3.66. The van der Waals surface area contributed by atoms with Gasteiger partial charge in [0.15, 0.2) is 5.84 Å². The fourth-order valence-corrected chi connectivity index (χ4v) is 3.18. The van der Waals surface area contributed by atoms with Gasteiger partial charge in [0.25, 0.3) is 0 Å². The summed E-state index contributed by atoms with van der Waals surface area (Å²) < 4.78 is 16.0. The molecule has 1 amide bonds. The highest BCUT2D eigenvalue weighted by Crippen LogP contribution is 2.21. The van der Waals surface area contributed by atoms with E-state index in [1.54, 1.807) is 0 Å². The van der Waals surface area contributed by atoms with Gasteiger partial charge in [-0.3, -0.25) is 4.79 Å². The van der Waals surface area contributed by atoms with Crippen LogP contribution < -0.4 is 14.8 Å². The van der Waals surface area contributed by atoms with Crippen molar-refractivity contribution in [3.63, 3.8) is 0 Å². The number of hydrogen-bond donors (Lipinski definition) is 2. The van der Waals surface area contributed by atoms with Crippen molar-refractivity contribution in [1.29, 1.82) is 0 Å². The Labute approximate surface area is 245 Å². The van der Waals surface area contributed by atoms with Gasteiger partial charge in [0.2, 0.25) is 6.41 Å². The number of aromatic nitrogens is 2. The van der Waals surface area contributed by atoms with E-state index >= 15 is 0 Å². The summed E-state index contributed by atoms with van der Waals surface area (Å²) in [7, 11) is 1.44. The van der Waals surface area contributed by atoms with Crippen molar-refractivity contribution in [2.45, 2.75) is 75.2 Å². The number of aryl methyl sites for hydroxylation is 1. The smallest absolute Gasteiger partial charge is 0.314 e. The number of H-pyrrole nitrogens is 1. The summed E-state index contributed by atoms with van der Waals surface area (Å²) in [4.78, 5) is 19.4. The van der Waals surface area contributed by atoms with Crippen LogP contribution in [0.15, 0.2) is 52.1 Å². The third-order valence-corrected chi connectivity index (χ3v) is 4.59. The zero-order chi connectivity index (χ0) is 30.8. The van der Waals surface area contributed by atoms with Crippen molar-refractivity contribution in [2.24, 2.45) is 5.16 Å². The molecule has 0 unspecified atom stereocenters. The lowest BCUT2D eigenvalue weighted by molar-refractivity contribution is -0.108. The maximum atomic E-state index is 10.5. The van der Waals surface area contributed by atoms with Gasteiger partial charge in [-0.05, 0) is 50.7 Å². The van der Waals surface area contributed by atoms with Gasteiger partial charge >= 0.3 is 4.84 Å². The van der Waals surface area contributed by atoms with Crippen LogP contribution in [0.25, 0.3) is 0 Å². The highest BCUT2D eigenvalue weighted by Gasteiger charge is 2.09. The topological polar surface area (TPSA) is 111 Å². The molecule has 1 aromatic heterocycles. The number of amides is 1. The minimum absolute atomic E-state index is 0.226. The number of benzene rings is 2. The summed E-state index contributed by atoms with van der Waals surface area (Å²) in [6.45, 7) is 19.1. The van der Waals surface area contributed by atoms with E-state index in [0.717, 1.165) is 28.2 Å². The highest BCUT2D eigenvalue weighted by atomic mass is 32.1. The lowest BCUT2D eigenvalue weighted by Gasteiger charge is -2.11. The van der Waals surface area contributed by atoms with Crippen LogP contribution in [-0.4, -0.2) is 42.7 Å². The molecule has 10 heteroatoms. The molecular formula is C30H48N4O5S. The summed E-state index contributed by atoms with van der Waals surface area (Å²) in [6, 6.07) is 13.8. The Bertz CT molecular complexity index is 1130. The van der Waals surface area contributed by atoms with Crippen molar-refractivity contribution < 1.29 is 23.6 Å². The molecule has 1 heterocycles. The monoisotopic (exact) mass is 576 g/mol. The van der Waals surface area contributed by atoms with E-state index in [9.17, 15) is 4.79 Å². The average Bonchev–Trinajstić information content (AvgIpc) is 3.40. The lowest BCUT2D eigenvalue weighted by Crippen LogP contribution is -2.24. The molecule has 0 atom stereocenters. The van der Waals surface area contributed by atoms with Crippen LogP contribution in [0.2, 0.25) is 0 Å². The van der Waals surface area contributed by atoms with Crippen LogP contribution in [0.1, 0.15) is 77.9 Å². The third-order valence-electron chi connectivity index (χ3n) is 4.42. The third kappa shape index (κ3) is 15.7. The van der Waals surface area contributed by atoms with Gasteiger partial charge in [0.05, 0.1) is 13.2 Å². The quantitative estimate of drug-likeness (QED) is 0.0848. The van der Waals surface area contributed by atoms with Crippen molar-refractivity contribution >= 4 is 24.5 Å². The second-order valence-corrected chi connectivity index (χ2v) is 7.30. The van der Waals surface area contributed by atoms with Crippen molar-refractivity contribution in [1.82, 2.24) is 15.5 Å². The lowest BCUT2D eigenvalue weighted by atomic mass is 10.1. The van der Waals surface area contributed by atoms with E-state index in [1.165, 1.54) is 7.11 Å². The van der Waals surface area contributed by atoms with E-state index < -0.39 is 0 Å². The molecule has 0 fully saturated rings. The Morgan fingerprint density at radius 3 is 2.17 bits per heavy atom. The zero-order valence-electron chi connectivity index (χ0n) is 25.8. The van der Waals surface area contributed by atoms with Gasteiger partial charge in [-0.25, -0.2) is 5.16 Å². The number of rotatable bonds is 10. The average molecular weight is 577 g/mol. The van der Waals surface area contributed by atoms with Crippen LogP contribution in [0, 0.1) is 11.8 Å². The van der Waals surface area contributed by atoms with Gasteiger partial charge in [-0.2, -0.15) is 4.98 Å². The molecule has 0 saturated heterocycles. The number of hydrogen-bond acceptors (Lipinski definition) is 8. The van der Waals surface area contributed by atoms with Gasteiger partial charge < -0.3 is 24.2 Å². The number of nitrogens with one attached hydrogen (secondary N) is 2. The number of aromatic amines is 1. The Kier molecular flexibility index (Phi) is 24.6. The van der Waals surface area contributed by atoms with E-state index in [1.807, 2.05) is 105 Å². The highest BCUT2D eigenvalue weighted by molar-refractivity contribution is 7.71. The summed E-state index contributed by atoms with van der Waals surface area (Å²) >= 11 is 4.79. The van der Waals surface area contributed by atoms with E-state index in [-0.39, 0.29) is 4.84 Å². The summed E-state index contributed by atoms with van der Waals surface area (Å²) in [5.41, 5.74) is 3.13. The molecule has 0 aliphatic rings. The number of carbonyl (C=O) groups excluding carboxylic acids is 1. The molecule has 0 aliphatic carbocycles. The maximum absolute atomic E-state index is 10.5. The van der Waals surface area contributed by atoms with Gasteiger partial charge in [-0.15, -0.1) is 0 Å². The van der Waals surface area contributed by atoms with Crippen LogP contribution in [-0.2, 0) is 22.5 Å². The number of carbonyl (C=O) groups is 1. The first-order chi connectivity index (χ1) is 19.5. The Balaban J connectivity index is 0. The SMILES string of the molecule is CC.CC.CC.CCOc1cc(C)ccc1C/C(=N/OC)NC=O.CCOc1ccccc1Cc1nc(=S)o[nH]1. The zero-order valence-corrected chi connectivity index (χ0v) is 26.6. The fourth-order valence-electron chi connectivity index (χ4n) is 3.03. The minimum Gasteiger partial charge on any atom is -0.494 e. The van der Waals surface area contributed by atoms with Crippen LogP contribution >= 0.6 is 12.2 Å². The van der Waals surface area contributed by atoms with Crippen LogP contribution in [0.5, 0.6) is 11.5 Å². The molecule has 0 bridgehead atoms. The molecule has 9 nitrogen and oxygen atoms in total. The molecular weight excluding hydrogens is 528 g/mol. The minimum atomic E-state index is 0.226. The molecule has 3 rings (SSSR count). The predicted octanol–water partition coefficient (Wildman–Crippen LogP) is 7.44. The Morgan fingerprint density at radius 1 is 1.00 bits per heavy atom. The first-order valence-corrected chi connectivity index (χ1v) is 14.2. The molecule has 0 aliphatic heterocycles. The molecule has 2 aromatic carbocycles. The van der Waals surface area contributed by atoms with Crippen molar-refractivity contribution in [3.05, 3.63) is 69.8 Å². The van der Waals surface area contributed by atoms with Gasteiger partial charge in [0, 0.05) is 24.0 Å². The predicted molar refractivity (Wildman–Crippen MR) is 166 cm³/mol. The standard InChI is InChI=1S/C13H18N2O3.C11H12N2O2S.3C2H6/c1-4-18-12-7-10(2)5-6-11(12)8-13(14-9-16)15-17-3;1-2-14-9-6-4-3-5-8(9)7-10-12-11(16)15-13-10;3*1-2/h5-7,9H,4,8H2,1-3H3,(H,14,15,16);3-6H,2,7H2,1H3,(H,12,13,16);3*1-2H3. The molecule has 224 valence electrons. The number of ether oxygens (including phenoxy) is 2. The van der Waals surface area contributed by atoms with Gasteiger partial charge in [0.1, 0.15) is 24.4 Å². The van der Waals surface area contributed by atoms with E-state index in [2.05, 4.69) is 25.5 Å².